The van der Waals surface area contributed by atoms with E-state index in [4.69, 9.17) is 4.74 Å². The van der Waals surface area contributed by atoms with Crippen molar-refractivity contribution in [1.82, 2.24) is 5.32 Å². The number of fused-ring (bicyclic) bond motifs is 1. The van der Waals surface area contributed by atoms with Gasteiger partial charge in [0.15, 0.2) is 0 Å². The summed E-state index contributed by atoms with van der Waals surface area (Å²) in [5.41, 5.74) is -0.0333. The van der Waals surface area contributed by atoms with Crippen molar-refractivity contribution in [3.63, 3.8) is 0 Å². The quantitative estimate of drug-likeness (QED) is 0.620. The lowest BCUT2D eigenvalue weighted by atomic mass is 10.0. The Morgan fingerprint density at radius 2 is 1.69 bits per heavy atom. The number of hydrogen-bond acceptors (Lipinski definition) is 2. The molecule has 0 radical (unpaired) electrons. The molecule has 0 heterocycles. The van der Waals surface area contributed by atoms with Crippen molar-refractivity contribution in [2.75, 3.05) is 13.7 Å². The highest BCUT2D eigenvalue weighted by Gasteiger charge is 2.30. The fraction of sp³-hybridized carbons (Fsp3) is 0.238. The highest BCUT2D eigenvalue weighted by atomic mass is 19.4. The molecule has 3 aromatic rings. The van der Waals surface area contributed by atoms with Crippen molar-refractivity contribution in [2.24, 2.45) is 0 Å². The molecule has 0 saturated carbocycles. The van der Waals surface area contributed by atoms with Crippen LogP contribution in [0.5, 0.6) is 5.75 Å². The molecular weight excluding hydrogens is 339 g/mol. The summed E-state index contributed by atoms with van der Waals surface area (Å²) in [5.74, 6) is 0.780. The van der Waals surface area contributed by atoms with Gasteiger partial charge in [-0.05, 0) is 36.2 Å². The smallest absolute Gasteiger partial charge is 0.416 e. The van der Waals surface area contributed by atoms with Crippen LogP contribution in [-0.4, -0.2) is 13.7 Å². The largest absolute Gasteiger partial charge is 0.493 e. The monoisotopic (exact) mass is 359 g/mol. The van der Waals surface area contributed by atoms with Gasteiger partial charge in [-0.1, -0.05) is 48.5 Å². The van der Waals surface area contributed by atoms with E-state index in [0.717, 1.165) is 22.6 Å². The third-order valence-electron chi connectivity index (χ3n) is 4.38. The molecule has 0 aliphatic rings. The lowest BCUT2D eigenvalue weighted by Crippen LogP contribution is -2.20. The average Bonchev–Trinajstić information content (AvgIpc) is 2.65. The van der Waals surface area contributed by atoms with E-state index in [9.17, 15) is 13.2 Å². The summed E-state index contributed by atoms with van der Waals surface area (Å²) in [7, 11) is 1.74. The number of rotatable bonds is 6. The van der Waals surface area contributed by atoms with Crippen molar-refractivity contribution in [2.45, 2.75) is 18.6 Å². The molecule has 0 amide bonds. The Kier molecular flexibility index (Phi) is 5.47. The van der Waals surface area contributed by atoms with Crippen LogP contribution in [0.2, 0.25) is 0 Å². The number of benzene rings is 3. The first-order valence-electron chi connectivity index (χ1n) is 8.44. The minimum absolute atomic E-state index is 0.215. The molecule has 0 aromatic heterocycles. The second-order valence-corrected chi connectivity index (χ2v) is 6.08. The van der Waals surface area contributed by atoms with Gasteiger partial charge >= 0.3 is 6.18 Å². The van der Waals surface area contributed by atoms with Gasteiger partial charge in [-0.3, -0.25) is 0 Å². The van der Waals surface area contributed by atoms with Crippen LogP contribution in [-0.2, 0) is 6.18 Å². The van der Waals surface area contributed by atoms with Crippen molar-refractivity contribution in [1.29, 1.82) is 0 Å². The Labute approximate surface area is 150 Å². The Hall–Kier alpha value is -2.53. The number of hydrogen-bond donors (Lipinski definition) is 1. The van der Waals surface area contributed by atoms with Crippen LogP contribution in [0.3, 0.4) is 0 Å². The minimum Gasteiger partial charge on any atom is -0.493 e. The predicted molar refractivity (Wildman–Crippen MR) is 97.3 cm³/mol. The molecule has 0 spiro atoms. The van der Waals surface area contributed by atoms with Crippen LogP contribution in [0.15, 0.2) is 66.7 Å². The van der Waals surface area contributed by atoms with E-state index in [-0.39, 0.29) is 6.04 Å². The van der Waals surface area contributed by atoms with Gasteiger partial charge in [0.1, 0.15) is 5.75 Å². The minimum atomic E-state index is -4.34. The summed E-state index contributed by atoms with van der Waals surface area (Å²) in [5, 5.41) is 5.19. The second-order valence-electron chi connectivity index (χ2n) is 6.08. The Morgan fingerprint density at radius 1 is 0.962 bits per heavy atom. The van der Waals surface area contributed by atoms with E-state index in [1.165, 1.54) is 12.1 Å². The Morgan fingerprint density at radius 3 is 2.46 bits per heavy atom. The van der Waals surface area contributed by atoms with E-state index < -0.39 is 11.7 Å². The zero-order chi connectivity index (χ0) is 18.6. The summed E-state index contributed by atoms with van der Waals surface area (Å²) in [6, 6.07) is 19.0. The predicted octanol–water partition coefficient (Wildman–Crippen LogP) is 5.59. The van der Waals surface area contributed by atoms with Crippen LogP contribution in [0.25, 0.3) is 10.8 Å². The average molecular weight is 359 g/mol. The van der Waals surface area contributed by atoms with Crippen LogP contribution >= 0.6 is 0 Å². The van der Waals surface area contributed by atoms with E-state index in [0.29, 0.717) is 18.6 Å². The van der Waals surface area contributed by atoms with Crippen LogP contribution in [0.1, 0.15) is 23.6 Å². The maximum atomic E-state index is 12.9. The van der Waals surface area contributed by atoms with Gasteiger partial charge in [0.05, 0.1) is 12.2 Å². The molecule has 5 heteroatoms. The number of alkyl halides is 3. The molecular formula is C21H20F3NO. The maximum absolute atomic E-state index is 12.9. The van der Waals surface area contributed by atoms with Gasteiger partial charge in [-0.15, -0.1) is 0 Å². The summed E-state index contributed by atoms with van der Waals surface area (Å²) in [6.07, 6.45) is -3.78. The molecule has 0 aliphatic carbocycles. The first-order chi connectivity index (χ1) is 12.5. The summed E-state index contributed by atoms with van der Waals surface area (Å²) >= 11 is 0. The van der Waals surface area contributed by atoms with E-state index in [1.54, 1.807) is 13.1 Å². The normalized spacial score (nSPS) is 12.9. The van der Waals surface area contributed by atoms with Crippen molar-refractivity contribution >= 4 is 10.8 Å². The molecule has 0 fully saturated rings. The molecule has 1 unspecified atom stereocenters. The van der Waals surface area contributed by atoms with Gasteiger partial charge < -0.3 is 10.1 Å². The van der Waals surface area contributed by atoms with E-state index in [2.05, 4.69) is 5.32 Å². The molecule has 0 bridgehead atoms. The summed E-state index contributed by atoms with van der Waals surface area (Å²) < 4.78 is 44.6. The fourth-order valence-electron chi connectivity index (χ4n) is 3.02. The van der Waals surface area contributed by atoms with Crippen LogP contribution < -0.4 is 10.1 Å². The molecule has 3 rings (SSSR count). The van der Waals surface area contributed by atoms with Gasteiger partial charge in [0, 0.05) is 17.8 Å². The van der Waals surface area contributed by atoms with Crippen molar-refractivity contribution in [3.8, 4) is 5.75 Å². The molecule has 0 saturated heterocycles. The lowest BCUT2D eigenvalue weighted by Gasteiger charge is -2.19. The number of halogens is 3. The Bertz CT molecular complexity index is 871. The Balaban J connectivity index is 1.70. The third kappa shape index (κ3) is 4.17. The van der Waals surface area contributed by atoms with Gasteiger partial charge in [-0.2, -0.15) is 13.2 Å². The second kappa shape index (κ2) is 7.79. The highest BCUT2D eigenvalue weighted by molar-refractivity contribution is 5.88. The van der Waals surface area contributed by atoms with Gasteiger partial charge in [0.2, 0.25) is 0 Å². The maximum Gasteiger partial charge on any atom is 0.416 e. The molecule has 1 N–H and O–H groups in total. The lowest BCUT2D eigenvalue weighted by molar-refractivity contribution is -0.137. The molecule has 136 valence electrons. The summed E-state index contributed by atoms with van der Waals surface area (Å²) in [4.78, 5) is 0. The standard InChI is InChI=1S/C21H20F3NO/c1-25-19(16-8-4-9-17(14-16)21(22,23)24)12-13-26-20-11-5-7-15-6-2-3-10-18(15)20/h2-11,14,19,25H,12-13H2,1H3. The summed E-state index contributed by atoms with van der Waals surface area (Å²) in [6.45, 7) is 0.399. The SMILES string of the molecule is CNC(CCOc1cccc2ccccc12)c1cccc(C(F)(F)F)c1. The number of nitrogens with one attached hydrogen (secondary N) is 1. The number of ether oxygens (including phenoxy) is 1. The van der Waals surface area contributed by atoms with E-state index in [1.807, 2.05) is 42.5 Å². The molecule has 0 aliphatic heterocycles. The molecule has 1 atom stereocenters. The fourth-order valence-corrected chi connectivity index (χ4v) is 3.02. The van der Waals surface area contributed by atoms with Crippen molar-refractivity contribution in [3.05, 3.63) is 77.9 Å². The molecule has 3 aromatic carbocycles. The molecule has 2 nitrogen and oxygen atoms in total. The molecule has 26 heavy (non-hydrogen) atoms. The topological polar surface area (TPSA) is 21.3 Å². The zero-order valence-corrected chi connectivity index (χ0v) is 14.4. The third-order valence-corrected chi connectivity index (χ3v) is 4.38. The van der Waals surface area contributed by atoms with Crippen LogP contribution in [0, 0.1) is 0 Å². The van der Waals surface area contributed by atoms with Crippen molar-refractivity contribution < 1.29 is 17.9 Å². The zero-order valence-electron chi connectivity index (χ0n) is 14.4. The van der Waals surface area contributed by atoms with Gasteiger partial charge in [-0.25, -0.2) is 0 Å². The van der Waals surface area contributed by atoms with Crippen LogP contribution in [0.4, 0.5) is 13.2 Å². The first kappa shape index (κ1) is 18.3. The van der Waals surface area contributed by atoms with E-state index >= 15 is 0 Å². The highest BCUT2D eigenvalue weighted by Crippen LogP contribution is 2.31. The van der Waals surface area contributed by atoms with Gasteiger partial charge in [0.25, 0.3) is 0 Å². The first-order valence-corrected chi connectivity index (χ1v) is 8.44.